The number of halogens is 2. The average molecular weight is 181 g/mol. The normalized spacial score (nSPS) is 13.7. The van der Waals surface area contributed by atoms with Crippen LogP contribution < -0.4 is 0 Å². The van der Waals surface area contributed by atoms with Crippen molar-refractivity contribution in [3.8, 4) is 0 Å². The molecular weight excluding hydrogens is 165 g/mol. The van der Waals surface area contributed by atoms with Crippen LogP contribution in [0, 0.1) is 0 Å². The Balaban J connectivity index is 4.54. The van der Waals surface area contributed by atoms with Gasteiger partial charge in [0.2, 0.25) is 0 Å². The summed E-state index contributed by atoms with van der Waals surface area (Å²) in [5.41, 5.74) is -0.495. The van der Waals surface area contributed by atoms with E-state index in [1.165, 1.54) is 0 Å². The predicted octanol–water partition coefficient (Wildman–Crippen LogP) is 3.80. The van der Waals surface area contributed by atoms with E-state index in [4.69, 9.17) is 0 Å². The maximum absolute atomic E-state index is 13.0. The zero-order valence-electron chi connectivity index (χ0n) is 7.40. The molecule has 0 radical (unpaired) electrons. The third-order valence-electron chi connectivity index (χ3n) is 2.36. The Morgan fingerprint density at radius 3 is 1.64 bits per heavy atom. The molecule has 0 aliphatic carbocycles. The van der Waals surface area contributed by atoms with Gasteiger partial charge in [-0.15, -0.1) is 0 Å². The zero-order valence-corrected chi connectivity index (χ0v) is 8.30. The van der Waals surface area contributed by atoms with Gasteiger partial charge in [0.15, 0.2) is 6.33 Å². The second-order valence-electron chi connectivity index (χ2n) is 2.53. The molecule has 0 amide bonds. The van der Waals surface area contributed by atoms with Crippen LogP contribution in [0.1, 0.15) is 20.8 Å². The van der Waals surface area contributed by atoms with Crippen molar-refractivity contribution >= 4 is 7.26 Å². The molecule has 11 heavy (non-hydrogen) atoms. The van der Waals surface area contributed by atoms with Crippen molar-refractivity contribution in [2.24, 2.45) is 0 Å². The van der Waals surface area contributed by atoms with E-state index in [1.54, 1.807) is 0 Å². The highest BCUT2D eigenvalue weighted by atomic mass is 31.2. The van der Waals surface area contributed by atoms with Crippen LogP contribution in [-0.2, 0) is 0 Å². The molecule has 3 heteroatoms. The Morgan fingerprint density at radius 2 is 1.55 bits per heavy atom. The molecule has 0 aliphatic rings. The molecule has 66 valence electrons. The van der Waals surface area contributed by atoms with E-state index in [0.29, 0.717) is 0 Å². The van der Waals surface area contributed by atoms with Gasteiger partial charge in [0, 0.05) is 0 Å². The fourth-order valence-corrected chi connectivity index (χ4v) is 3.68. The Bertz CT molecular complexity index is 131. The van der Waals surface area contributed by atoms with Crippen molar-refractivity contribution in [3.05, 3.63) is 11.9 Å². The zero-order chi connectivity index (χ0) is 8.91. The highest BCUT2D eigenvalue weighted by Crippen LogP contribution is 2.65. The summed E-state index contributed by atoms with van der Waals surface area (Å²) in [6.07, 6.45) is 2.45. The highest BCUT2D eigenvalue weighted by molar-refractivity contribution is 7.79. The largest absolute Gasteiger partial charge is 0.265 e. The van der Waals surface area contributed by atoms with E-state index >= 15 is 0 Å². The Morgan fingerprint density at radius 1 is 1.18 bits per heavy atom. The molecule has 0 N–H and O–H groups in total. The van der Waals surface area contributed by atoms with Crippen LogP contribution in [-0.4, -0.2) is 18.5 Å². The topological polar surface area (TPSA) is 0 Å². The van der Waals surface area contributed by atoms with Gasteiger partial charge >= 0.3 is 0 Å². The van der Waals surface area contributed by atoms with Gasteiger partial charge in [0.1, 0.15) is 0 Å². The van der Waals surface area contributed by atoms with E-state index in [9.17, 15) is 8.78 Å². The first-order valence-electron chi connectivity index (χ1n) is 3.99. The predicted molar refractivity (Wildman–Crippen MR) is 48.8 cm³/mol. The molecule has 0 atom stereocenters. The summed E-state index contributed by atoms with van der Waals surface area (Å²) in [7, 11) is -1.71. The maximum atomic E-state index is 13.0. The minimum absolute atomic E-state index is 0.143. The molecule has 0 aliphatic heterocycles. The molecular formula is C8H16F2P+. The van der Waals surface area contributed by atoms with Crippen LogP contribution in [0.5, 0.6) is 0 Å². The van der Waals surface area contributed by atoms with Crippen molar-refractivity contribution in [1.82, 2.24) is 0 Å². The molecule has 0 spiro atoms. The number of hydrogen-bond donors (Lipinski definition) is 0. The SMILES string of the molecule is CC[P+](CC)(CC)/C(F)=C/F. The Labute approximate surface area is 68.0 Å². The van der Waals surface area contributed by atoms with E-state index < -0.39 is 12.8 Å². The van der Waals surface area contributed by atoms with E-state index in [2.05, 4.69) is 0 Å². The van der Waals surface area contributed by atoms with Gasteiger partial charge in [-0.2, -0.15) is 4.39 Å². The lowest BCUT2D eigenvalue weighted by atomic mass is 10.9. The molecule has 0 rings (SSSR count). The van der Waals surface area contributed by atoms with Crippen molar-refractivity contribution < 1.29 is 8.78 Å². The standard InChI is InChI=1S/C8H16F2P/c1-4-11(5-2,6-3)8(10)7-9/h7H,4-6H2,1-3H3/q+1/b8-7+. The summed E-state index contributed by atoms with van der Waals surface area (Å²) in [6.45, 7) is 5.80. The number of rotatable bonds is 4. The molecule has 0 unspecified atom stereocenters. The molecule has 0 fully saturated rings. The summed E-state index contributed by atoms with van der Waals surface area (Å²) in [4.78, 5) is 0. The first kappa shape index (κ1) is 11.0. The molecule has 0 nitrogen and oxygen atoms in total. The summed E-state index contributed by atoms with van der Waals surface area (Å²) in [5.74, 6) is 0. The fraction of sp³-hybridized carbons (Fsp3) is 0.750. The van der Waals surface area contributed by atoms with Crippen molar-refractivity contribution in [2.45, 2.75) is 20.8 Å². The second kappa shape index (κ2) is 4.82. The van der Waals surface area contributed by atoms with E-state index in [0.717, 1.165) is 18.5 Å². The van der Waals surface area contributed by atoms with Gasteiger partial charge < -0.3 is 0 Å². The summed E-state index contributed by atoms with van der Waals surface area (Å²) in [6, 6.07) is 0. The second-order valence-corrected chi connectivity index (χ2v) is 7.14. The summed E-state index contributed by atoms with van der Waals surface area (Å²) >= 11 is 0. The molecule has 0 aromatic heterocycles. The highest BCUT2D eigenvalue weighted by Gasteiger charge is 2.37. The van der Waals surface area contributed by atoms with Crippen LogP contribution in [0.2, 0.25) is 0 Å². The number of hydrogen-bond acceptors (Lipinski definition) is 0. The third-order valence-corrected chi connectivity index (χ3v) is 7.00. The summed E-state index contributed by atoms with van der Waals surface area (Å²) < 4.78 is 24.9. The first-order chi connectivity index (χ1) is 5.16. The lowest BCUT2D eigenvalue weighted by Crippen LogP contribution is -2.02. The van der Waals surface area contributed by atoms with Gasteiger partial charge in [-0.05, 0) is 20.8 Å². The minimum Gasteiger partial charge on any atom is -0.208 e. The maximum Gasteiger partial charge on any atom is 0.265 e. The van der Waals surface area contributed by atoms with E-state index in [-0.39, 0.29) is 6.33 Å². The van der Waals surface area contributed by atoms with Crippen molar-refractivity contribution in [3.63, 3.8) is 0 Å². The fourth-order valence-electron chi connectivity index (χ4n) is 1.23. The Hall–Kier alpha value is 0.0300. The smallest absolute Gasteiger partial charge is 0.208 e. The van der Waals surface area contributed by atoms with Crippen LogP contribution >= 0.6 is 7.26 Å². The van der Waals surface area contributed by atoms with Gasteiger partial charge in [0.25, 0.3) is 5.57 Å². The lowest BCUT2D eigenvalue weighted by molar-refractivity contribution is 0.623. The molecule has 0 saturated carbocycles. The lowest BCUT2D eigenvalue weighted by Gasteiger charge is -2.19. The molecule has 0 bridgehead atoms. The van der Waals surface area contributed by atoms with Crippen LogP contribution in [0.4, 0.5) is 8.78 Å². The van der Waals surface area contributed by atoms with Crippen LogP contribution in [0.25, 0.3) is 0 Å². The third kappa shape index (κ3) is 2.23. The van der Waals surface area contributed by atoms with Crippen molar-refractivity contribution in [1.29, 1.82) is 0 Å². The van der Waals surface area contributed by atoms with Gasteiger partial charge in [-0.25, -0.2) is 4.39 Å². The van der Waals surface area contributed by atoms with Crippen LogP contribution in [0.3, 0.4) is 0 Å². The Kier molecular flexibility index (Phi) is 4.83. The van der Waals surface area contributed by atoms with Gasteiger partial charge in [0.05, 0.1) is 25.7 Å². The average Bonchev–Trinajstić information content (AvgIpc) is 2.08. The van der Waals surface area contributed by atoms with Crippen molar-refractivity contribution in [2.75, 3.05) is 18.5 Å². The monoisotopic (exact) mass is 181 g/mol. The van der Waals surface area contributed by atoms with Crippen LogP contribution in [0.15, 0.2) is 11.9 Å². The van der Waals surface area contributed by atoms with Gasteiger partial charge in [-0.1, -0.05) is 0 Å². The first-order valence-corrected chi connectivity index (χ1v) is 6.33. The quantitative estimate of drug-likeness (QED) is 0.578. The molecule has 0 aromatic rings. The molecule has 0 saturated heterocycles. The minimum atomic E-state index is -1.71. The summed E-state index contributed by atoms with van der Waals surface area (Å²) in [5, 5.41) is 0. The van der Waals surface area contributed by atoms with E-state index in [1.807, 2.05) is 20.8 Å². The van der Waals surface area contributed by atoms with Gasteiger partial charge in [-0.3, -0.25) is 0 Å². The molecule has 0 heterocycles. The molecule has 0 aromatic carbocycles.